The van der Waals surface area contributed by atoms with E-state index in [1.165, 1.54) is 18.4 Å². The maximum atomic E-state index is 5.86. The van der Waals surface area contributed by atoms with Crippen LogP contribution in [0.3, 0.4) is 0 Å². The second-order valence-electron chi connectivity index (χ2n) is 4.99. The number of aryl methyl sites for hydroxylation is 1. The monoisotopic (exact) mass is 257 g/mol. The number of hydrogen-bond donors (Lipinski definition) is 1. The molecule has 0 aliphatic heterocycles. The van der Waals surface area contributed by atoms with Gasteiger partial charge in [-0.25, -0.2) is 0 Å². The zero-order valence-electron chi connectivity index (χ0n) is 11.3. The van der Waals surface area contributed by atoms with Gasteiger partial charge in [-0.3, -0.25) is 4.68 Å². The van der Waals surface area contributed by atoms with Gasteiger partial charge < -0.3 is 10.1 Å². The Kier molecular flexibility index (Phi) is 3.25. The third kappa shape index (κ3) is 2.63. The molecule has 4 heteroatoms. The van der Waals surface area contributed by atoms with Crippen molar-refractivity contribution in [3.8, 4) is 5.75 Å². The zero-order chi connectivity index (χ0) is 13.2. The van der Waals surface area contributed by atoms with Crippen molar-refractivity contribution in [1.29, 1.82) is 0 Å². The highest BCUT2D eigenvalue weighted by Crippen LogP contribution is 2.29. The number of benzene rings is 1. The van der Waals surface area contributed by atoms with Gasteiger partial charge in [0, 0.05) is 13.2 Å². The molecule has 1 saturated carbocycles. The van der Waals surface area contributed by atoms with Gasteiger partial charge in [0.1, 0.15) is 5.75 Å². The summed E-state index contributed by atoms with van der Waals surface area (Å²) in [6, 6.07) is 10.5. The average Bonchev–Trinajstić information content (AvgIpc) is 3.13. The van der Waals surface area contributed by atoms with Gasteiger partial charge in [0.05, 0.1) is 17.8 Å². The third-order valence-corrected chi connectivity index (χ3v) is 3.46. The molecule has 1 heterocycles. The van der Waals surface area contributed by atoms with E-state index in [4.69, 9.17) is 4.74 Å². The third-order valence-electron chi connectivity index (χ3n) is 3.46. The van der Waals surface area contributed by atoms with Gasteiger partial charge in [-0.15, -0.1) is 0 Å². The van der Waals surface area contributed by atoms with Crippen LogP contribution < -0.4 is 10.1 Å². The summed E-state index contributed by atoms with van der Waals surface area (Å²) in [7, 11) is 3.93. The normalized spacial score (nSPS) is 16.3. The van der Waals surface area contributed by atoms with Gasteiger partial charge in [-0.05, 0) is 43.7 Å². The lowest BCUT2D eigenvalue weighted by molar-refractivity contribution is 0.302. The van der Waals surface area contributed by atoms with Crippen LogP contribution in [0.2, 0.25) is 0 Å². The summed E-state index contributed by atoms with van der Waals surface area (Å²) >= 11 is 0. The minimum Gasteiger partial charge on any atom is -0.490 e. The van der Waals surface area contributed by atoms with E-state index in [1.54, 1.807) is 0 Å². The second kappa shape index (κ2) is 5.05. The van der Waals surface area contributed by atoms with Crippen LogP contribution in [0, 0.1) is 0 Å². The molecule has 1 atom stereocenters. The Balaban J connectivity index is 1.88. The van der Waals surface area contributed by atoms with Gasteiger partial charge in [-0.2, -0.15) is 5.10 Å². The highest BCUT2D eigenvalue weighted by Gasteiger charge is 2.24. The van der Waals surface area contributed by atoms with Crippen LogP contribution in [0.1, 0.15) is 30.1 Å². The van der Waals surface area contributed by atoms with E-state index < -0.39 is 0 Å². The van der Waals surface area contributed by atoms with Crippen LogP contribution in [0.5, 0.6) is 5.75 Å². The largest absolute Gasteiger partial charge is 0.490 e. The van der Waals surface area contributed by atoms with Gasteiger partial charge in [-0.1, -0.05) is 12.1 Å². The topological polar surface area (TPSA) is 39.1 Å². The molecule has 0 radical (unpaired) electrons. The lowest BCUT2D eigenvalue weighted by Gasteiger charge is -2.18. The van der Waals surface area contributed by atoms with Crippen LogP contribution in [0.4, 0.5) is 0 Å². The van der Waals surface area contributed by atoms with E-state index in [-0.39, 0.29) is 6.04 Å². The summed E-state index contributed by atoms with van der Waals surface area (Å²) in [5.74, 6) is 0.961. The van der Waals surface area contributed by atoms with Crippen LogP contribution in [-0.2, 0) is 7.05 Å². The number of aromatic nitrogens is 2. The van der Waals surface area contributed by atoms with Crippen molar-refractivity contribution in [2.45, 2.75) is 25.0 Å². The first kappa shape index (κ1) is 12.2. The predicted octanol–water partition coefficient (Wildman–Crippen LogP) is 2.27. The molecule has 0 amide bonds. The van der Waals surface area contributed by atoms with Crippen molar-refractivity contribution < 1.29 is 4.74 Å². The number of nitrogens with one attached hydrogen (secondary N) is 1. The first-order chi connectivity index (χ1) is 9.28. The molecule has 1 N–H and O–H groups in total. The van der Waals surface area contributed by atoms with Gasteiger partial charge in [0.2, 0.25) is 0 Å². The Bertz CT molecular complexity index is 560. The molecular formula is C15H19N3O. The lowest BCUT2D eigenvalue weighted by atomic mass is 10.0. The minimum absolute atomic E-state index is 0.134. The summed E-state index contributed by atoms with van der Waals surface area (Å²) in [6.07, 6.45) is 4.62. The van der Waals surface area contributed by atoms with E-state index in [0.717, 1.165) is 11.4 Å². The summed E-state index contributed by atoms with van der Waals surface area (Å²) in [6.45, 7) is 0. The quantitative estimate of drug-likeness (QED) is 0.893. The number of nitrogens with zero attached hydrogens (tertiary/aromatic N) is 2. The molecule has 1 aromatic heterocycles. The maximum Gasteiger partial charge on any atom is 0.120 e. The summed E-state index contributed by atoms with van der Waals surface area (Å²) < 4.78 is 7.76. The number of ether oxygens (including phenoxy) is 1. The fraction of sp³-hybridized carbons (Fsp3) is 0.400. The van der Waals surface area contributed by atoms with Crippen molar-refractivity contribution in [3.05, 3.63) is 47.8 Å². The lowest BCUT2D eigenvalue weighted by Crippen LogP contribution is -2.20. The summed E-state index contributed by atoms with van der Waals surface area (Å²) in [4.78, 5) is 0. The molecule has 19 heavy (non-hydrogen) atoms. The summed E-state index contributed by atoms with van der Waals surface area (Å²) in [5.41, 5.74) is 2.34. The molecule has 0 saturated heterocycles. The van der Waals surface area contributed by atoms with Crippen LogP contribution >= 0.6 is 0 Å². The van der Waals surface area contributed by atoms with E-state index in [2.05, 4.69) is 22.5 Å². The predicted molar refractivity (Wildman–Crippen MR) is 74.2 cm³/mol. The SMILES string of the molecule is CNC(c1cccc(OC2CC2)c1)c1ccnn1C. The van der Waals surface area contributed by atoms with Crippen molar-refractivity contribution in [3.63, 3.8) is 0 Å². The Morgan fingerprint density at radius 2 is 2.21 bits per heavy atom. The fourth-order valence-electron chi connectivity index (χ4n) is 2.30. The van der Waals surface area contributed by atoms with Crippen LogP contribution in [-0.4, -0.2) is 22.9 Å². The molecular weight excluding hydrogens is 238 g/mol. The van der Waals surface area contributed by atoms with Crippen molar-refractivity contribution in [2.75, 3.05) is 7.05 Å². The first-order valence-corrected chi connectivity index (χ1v) is 6.69. The molecule has 2 aromatic rings. The highest BCUT2D eigenvalue weighted by molar-refractivity contribution is 5.35. The van der Waals surface area contributed by atoms with E-state index >= 15 is 0 Å². The van der Waals surface area contributed by atoms with E-state index in [0.29, 0.717) is 6.10 Å². The molecule has 1 unspecified atom stereocenters. The molecule has 3 rings (SSSR count). The minimum atomic E-state index is 0.134. The van der Waals surface area contributed by atoms with E-state index in [9.17, 15) is 0 Å². The van der Waals surface area contributed by atoms with Gasteiger partial charge in [0.25, 0.3) is 0 Å². The Hall–Kier alpha value is -1.81. The van der Waals surface area contributed by atoms with Crippen LogP contribution in [0.25, 0.3) is 0 Å². The fourth-order valence-corrected chi connectivity index (χ4v) is 2.30. The number of hydrogen-bond acceptors (Lipinski definition) is 3. The average molecular weight is 257 g/mol. The van der Waals surface area contributed by atoms with Gasteiger partial charge >= 0.3 is 0 Å². The molecule has 1 aromatic carbocycles. The zero-order valence-corrected chi connectivity index (χ0v) is 11.3. The highest BCUT2D eigenvalue weighted by atomic mass is 16.5. The van der Waals surface area contributed by atoms with Crippen molar-refractivity contribution in [2.24, 2.45) is 7.05 Å². The molecule has 1 aliphatic rings. The molecule has 0 spiro atoms. The smallest absolute Gasteiger partial charge is 0.120 e. The van der Waals surface area contributed by atoms with E-state index in [1.807, 2.05) is 43.2 Å². The molecule has 0 bridgehead atoms. The van der Waals surface area contributed by atoms with Crippen molar-refractivity contribution in [1.82, 2.24) is 15.1 Å². The first-order valence-electron chi connectivity index (χ1n) is 6.69. The molecule has 100 valence electrons. The number of rotatable bonds is 5. The van der Waals surface area contributed by atoms with Gasteiger partial charge in [0.15, 0.2) is 0 Å². The second-order valence-corrected chi connectivity index (χ2v) is 4.99. The Morgan fingerprint density at radius 1 is 1.37 bits per heavy atom. The van der Waals surface area contributed by atoms with Crippen LogP contribution in [0.15, 0.2) is 36.5 Å². The van der Waals surface area contributed by atoms with Crippen molar-refractivity contribution >= 4 is 0 Å². The molecule has 1 aliphatic carbocycles. The standard InChI is InChI=1S/C15H19N3O/c1-16-15(14-8-9-17-18(14)2)11-4-3-5-13(10-11)19-12-6-7-12/h3-5,8-10,12,15-16H,6-7H2,1-2H3. The maximum absolute atomic E-state index is 5.86. The Labute approximate surface area is 113 Å². The summed E-state index contributed by atoms with van der Waals surface area (Å²) in [5, 5.41) is 7.58. The molecule has 1 fully saturated rings. The Morgan fingerprint density at radius 3 is 2.84 bits per heavy atom. The molecule has 4 nitrogen and oxygen atoms in total.